The summed E-state index contributed by atoms with van der Waals surface area (Å²) < 4.78 is 0. The van der Waals surface area contributed by atoms with E-state index in [4.69, 9.17) is 0 Å². The Bertz CT molecular complexity index is 1510. The van der Waals surface area contributed by atoms with E-state index in [9.17, 15) is 38.4 Å². The van der Waals surface area contributed by atoms with Gasteiger partial charge in [-0.15, -0.1) is 0 Å². The fourth-order valence-electron chi connectivity index (χ4n) is 5.81. The Labute approximate surface area is 334 Å². The van der Waals surface area contributed by atoms with Crippen LogP contribution in [0.1, 0.15) is 137 Å². The van der Waals surface area contributed by atoms with Crippen molar-refractivity contribution in [3.63, 3.8) is 0 Å². The summed E-state index contributed by atoms with van der Waals surface area (Å²) in [6, 6.07) is 6.57. The molecular weight excluding hydrogens is 717 g/mol. The van der Waals surface area contributed by atoms with E-state index in [1.54, 1.807) is 24.3 Å². The van der Waals surface area contributed by atoms with Gasteiger partial charge in [-0.25, -0.2) is 4.90 Å². The van der Waals surface area contributed by atoms with Crippen molar-refractivity contribution >= 4 is 65.1 Å². The van der Waals surface area contributed by atoms with Gasteiger partial charge in [-0.2, -0.15) is 12.6 Å². The Morgan fingerprint density at radius 2 is 1.15 bits per heavy atom. The summed E-state index contributed by atoms with van der Waals surface area (Å²) in [5.41, 5.74) is 0.941. The van der Waals surface area contributed by atoms with Crippen LogP contribution in [0.3, 0.4) is 0 Å². The van der Waals surface area contributed by atoms with Gasteiger partial charge in [0.1, 0.15) is 17.3 Å². The fourth-order valence-corrected chi connectivity index (χ4v) is 6.11. The number of hydrogen-bond acceptors (Lipinski definition) is 9. The summed E-state index contributed by atoms with van der Waals surface area (Å²) in [4.78, 5) is 93.3. The first-order valence-corrected chi connectivity index (χ1v) is 20.3. The van der Waals surface area contributed by atoms with Crippen molar-refractivity contribution in [3.05, 3.63) is 54.1 Å². The number of anilines is 1. The van der Waals surface area contributed by atoms with Crippen molar-refractivity contribution in [3.8, 4) is 0 Å². The molecule has 4 amide bonds. The Morgan fingerprint density at radius 1 is 0.655 bits per heavy atom. The van der Waals surface area contributed by atoms with Crippen molar-refractivity contribution in [2.24, 2.45) is 29.6 Å². The van der Waals surface area contributed by atoms with Gasteiger partial charge in [0.2, 0.25) is 0 Å². The molecule has 0 atom stereocenters. The highest BCUT2D eigenvalue weighted by molar-refractivity contribution is 7.80. The largest absolute Gasteiger partial charge is 0.299 e. The van der Waals surface area contributed by atoms with Crippen molar-refractivity contribution in [1.82, 2.24) is 4.90 Å². The minimum absolute atomic E-state index is 0.0103. The molecule has 0 saturated heterocycles. The molecule has 3 aliphatic rings. The lowest BCUT2D eigenvalue weighted by atomic mass is 9.82. The van der Waals surface area contributed by atoms with Gasteiger partial charge in [0, 0.05) is 84.1 Å². The van der Waals surface area contributed by atoms with Crippen LogP contribution in [0.25, 0.3) is 0 Å². The highest BCUT2D eigenvalue weighted by atomic mass is 32.1. The van der Waals surface area contributed by atoms with E-state index in [-0.39, 0.29) is 58.9 Å². The van der Waals surface area contributed by atoms with Gasteiger partial charge >= 0.3 is 0 Å². The van der Waals surface area contributed by atoms with Crippen LogP contribution in [0, 0.1) is 29.6 Å². The molecule has 11 heteroatoms. The van der Waals surface area contributed by atoms with Crippen molar-refractivity contribution < 1.29 is 38.4 Å². The number of rotatable bonds is 15. The highest BCUT2D eigenvalue weighted by Gasteiger charge is 2.27. The maximum Gasteiger partial charge on any atom is 0.258 e. The topological polar surface area (TPSA) is 143 Å². The molecule has 1 fully saturated rings. The molecule has 10 nitrogen and oxygen atoms in total. The van der Waals surface area contributed by atoms with Gasteiger partial charge in [-0.3, -0.25) is 43.3 Å². The number of unbranched alkanes of at least 4 members (excludes halogenated alkanes) is 2. The molecule has 4 rings (SSSR count). The third-order valence-corrected chi connectivity index (χ3v) is 9.93. The van der Waals surface area contributed by atoms with Gasteiger partial charge in [-0.05, 0) is 50.7 Å². The quantitative estimate of drug-likeness (QED) is 0.0810. The molecule has 1 aliphatic carbocycles. The monoisotopic (exact) mass is 780 g/mol. The summed E-state index contributed by atoms with van der Waals surface area (Å²) in [7, 11) is 0. The van der Waals surface area contributed by atoms with E-state index < -0.39 is 0 Å². The van der Waals surface area contributed by atoms with E-state index in [0.717, 1.165) is 48.3 Å². The van der Waals surface area contributed by atoms with Crippen LogP contribution in [0.5, 0.6) is 0 Å². The van der Waals surface area contributed by atoms with Crippen LogP contribution in [-0.4, -0.2) is 63.5 Å². The van der Waals surface area contributed by atoms with Crippen molar-refractivity contribution in [2.75, 3.05) is 11.4 Å². The van der Waals surface area contributed by atoms with Crippen LogP contribution in [0.2, 0.25) is 0 Å². The summed E-state index contributed by atoms with van der Waals surface area (Å²) in [5.74, 6) is 0.389. The zero-order chi connectivity index (χ0) is 41.8. The van der Waals surface area contributed by atoms with Gasteiger partial charge in [0.15, 0.2) is 5.78 Å². The third kappa shape index (κ3) is 17.6. The van der Waals surface area contributed by atoms with E-state index in [0.29, 0.717) is 53.4 Å². The first-order valence-electron chi connectivity index (χ1n) is 19.8. The molecule has 0 aromatic heterocycles. The standard InChI is InChI=1S/C14H13NO3.C11H15NO3.C10H18OS.C9H18O/c1-9(2)14(18)10-4-3-5-11(8-10)15-12(16)6-7-13(15)17;1-8(2)9(13)4-3-7-12-10(14)5-6-11(12)15;1-7(2)10(11)8-3-5-9(12)6-4-8;1-4-5-6-7-9(10)8(2)3/h3-9H,1-2H3;5-6,8H,3-4,7H2,1-2H3;7-9,12H,3-6H2,1-2H3;8H,4-7H2,1-3H3. The summed E-state index contributed by atoms with van der Waals surface area (Å²) in [6.07, 6.45) is 14.5. The maximum atomic E-state index is 11.9. The van der Waals surface area contributed by atoms with Gasteiger partial charge in [0.05, 0.1) is 5.69 Å². The number of carbonyl (C=O) groups is 8. The maximum absolute atomic E-state index is 11.9. The van der Waals surface area contributed by atoms with Crippen molar-refractivity contribution in [1.29, 1.82) is 0 Å². The average molecular weight is 781 g/mol. The predicted molar refractivity (Wildman–Crippen MR) is 221 cm³/mol. The van der Waals surface area contributed by atoms with Crippen LogP contribution in [0.4, 0.5) is 5.69 Å². The summed E-state index contributed by atoms with van der Waals surface area (Å²) in [5, 5.41) is 0.543. The number of ketones is 4. The van der Waals surface area contributed by atoms with Crippen molar-refractivity contribution in [2.45, 2.75) is 132 Å². The zero-order valence-corrected chi connectivity index (χ0v) is 35.4. The first-order chi connectivity index (χ1) is 25.8. The number of Topliss-reactive ketones (excluding diaryl/α,β-unsaturated/α-hetero) is 4. The molecule has 304 valence electrons. The van der Waals surface area contributed by atoms with Crippen LogP contribution in [0.15, 0.2) is 48.6 Å². The lowest BCUT2D eigenvalue weighted by Crippen LogP contribution is -2.31. The number of thiol groups is 1. The molecule has 55 heavy (non-hydrogen) atoms. The van der Waals surface area contributed by atoms with Crippen LogP contribution < -0.4 is 4.90 Å². The Hall–Kier alpha value is -3.99. The van der Waals surface area contributed by atoms with E-state index in [1.165, 1.54) is 37.1 Å². The molecule has 0 radical (unpaired) electrons. The molecule has 0 spiro atoms. The van der Waals surface area contributed by atoms with Gasteiger partial charge in [0.25, 0.3) is 23.6 Å². The van der Waals surface area contributed by atoms with E-state index in [1.807, 2.05) is 55.4 Å². The lowest BCUT2D eigenvalue weighted by Gasteiger charge is -2.25. The van der Waals surface area contributed by atoms with Gasteiger partial charge in [-0.1, -0.05) is 87.3 Å². The smallest absolute Gasteiger partial charge is 0.258 e. The molecule has 1 aromatic rings. The number of hydrogen-bond donors (Lipinski definition) is 1. The molecule has 0 bridgehead atoms. The normalized spacial score (nSPS) is 17.6. The molecular formula is C44H64N2O8S. The minimum atomic E-state index is -0.380. The molecule has 2 heterocycles. The Morgan fingerprint density at radius 3 is 1.60 bits per heavy atom. The number of nitrogens with zero attached hydrogens (tertiary/aromatic N) is 2. The summed E-state index contributed by atoms with van der Waals surface area (Å²) in [6.45, 7) is 17.7. The number of imide groups is 2. The molecule has 1 aromatic carbocycles. The molecule has 2 aliphatic heterocycles. The second kappa shape index (κ2) is 25.2. The van der Waals surface area contributed by atoms with Crippen LogP contribution in [-0.2, 0) is 33.6 Å². The predicted octanol–water partition coefficient (Wildman–Crippen LogP) is 8.36. The number of benzene rings is 1. The second-order valence-corrected chi connectivity index (χ2v) is 16.2. The first kappa shape index (κ1) is 49.0. The summed E-state index contributed by atoms with van der Waals surface area (Å²) >= 11 is 4.41. The highest BCUT2D eigenvalue weighted by Crippen LogP contribution is 2.29. The van der Waals surface area contributed by atoms with Crippen LogP contribution >= 0.6 is 12.6 Å². The molecule has 1 saturated carbocycles. The molecule has 0 unspecified atom stereocenters. The minimum Gasteiger partial charge on any atom is -0.299 e. The lowest BCUT2D eigenvalue weighted by molar-refractivity contribution is -0.137. The van der Waals surface area contributed by atoms with E-state index in [2.05, 4.69) is 19.6 Å². The third-order valence-electron chi connectivity index (χ3n) is 9.41. The zero-order valence-electron chi connectivity index (χ0n) is 34.5. The Balaban J connectivity index is 0.000000376. The Kier molecular flexibility index (Phi) is 22.5. The second-order valence-electron chi connectivity index (χ2n) is 15.4. The number of carbonyl (C=O) groups excluding carboxylic acids is 8. The van der Waals surface area contributed by atoms with E-state index >= 15 is 0 Å². The fraction of sp³-hybridized carbons (Fsp3) is 0.591. The van der Waals surface area contributed by atoms with Gasteiger partial charge < -0.3 is 0 Å². The molecule has 0 N–H and O–H groups in total. The SMILES string of the molecule is CC(C)C(=O)C1CCC(S)CC1.CC(C)C(=O)CCCN1C(=O)C=CC1=O.CC(C)C(=O)c1cccc(N2C(=O)C=CC2=O)c1.CCCCCC(=O)C(C)C. The average Bonchev–Trinajstić information content (AvgIpc) is 3.66. The number of amides is 4.